The standard InChI is InChI=1S/C26H30F3NO4S/c1-16-3-5-17(6-4-16)23(32)30(18-7-9-19(31)10-8-18)21-15-20(35-22(21)24(33)34-2)11-12-25(13-14-25)26(27,28)29/h15-18H,3-10,13-14H2,1-2H3. The first-order valence-corrected chi connectivity index (χ1v) is 13.0. The number of hydrogen-bond acceptors (Lipinski definition) is 5. The van der Waals surface area contributed by atoms with E-state index < -0.39 is 17.6 Å². The van der Waals surface area contributed by atoms with Gasteiger partial charge in [-0.25, -0.2) is 4.79 Å². The number of amides is 1. The van der Waals surface area contributed by atoms with Crippen LogP contribution in [0.15, 0.2) is 6.07 Å². The molecule has 3 aliphatic rings. The van der Waals surface area contributed by atoms with Crippen molar-refractivity contribution in [2.45, 2.75) is 83.4 Å². The molecule has 1 aromatic heterocycles. The molecule has 3 saturated carbocycles. The number of rotatable bonds is 4. The normalized spacial score (nSPS) is 24.3. The van der Waals surface area contributed by atoms with Crippen molar-refractivity contribution in [3.05, 3.63) is 15.8 Å². The molecule has 3 aliphatic carbocycles. The molecule has 9 heteroatoms. The molecular formula is C26H30F3NO4S. The first kappa shape index (κ1) is 25.7. The number of anilines is 1. The lowest BCUT2D eigenvalue weighted by Crippen LogP contribution is -2.46. The maximum atomic E-state index is 13.8. The van der Waals surface area contributed by atoms with Gasteiger partial charge < -0.3 is 9.64 Å². The number of carbonyl (C=O) groups excluding carboxylic acids is 3. The summed E-state index contributed by atoms with van der Waals surface area (Å²) in [4.78, 5) is 40.5. The smallest absolute Gasteiger partial charge is 0.405 e. The van der Waals surface area contributed by atoms with Crippen molar-refractivity contribution in [1.82, 2.24) is 0 Å². The van der Waals surface area contributed by atoms with Crippen LogP contribution in [0.2, 0.25) is 0 Å². The maximum Gasteiger partial charge on any atom is 0.405 e. The molecule has 0 atom stereocenters. The van der Waals surface area contributed by atoms with Crippen molar-refractivity contribution in [1.29, 1.82) is 0 Å². The van der Waals surface area contributed by atoms with Crippen LogP contribution in [0.3, 0.4) is 0 Å². The van der Waals surface area contributed by atoms with Crippen molar-refractivity contribution >= 4 is 34.7 Å². The Balaban J connectivity index is 1.72. The van der Waals surface area contributed by atoms with E-state index in [-0.39, 0.29) is 46.2 Å². The third kappa shape index (κ3) is 5.42. The van der Waals surface area contributed by atoms with E-state index in [1.54, 1.807) is 11.0 Å². The van der Waals surface area contributed by atoms with E-state index in [0.29, 0.717) is 37.3 Å². The Morgan fingerprint density at radius 1 is 1.11 bits per heavy atom. The van der Waals surface area contributed by atoms with E-state index in [1.165, 1.54) is 7.11 Å². The topological polar surface area (TPSA) is 63.7 Å². The Kier molecular flexibility index (Phi) is 7.33. The van der Waals surface area contributed by atoms with Gasteiger partial charge in [0, 0.05) is 24.8 Å². The zero-order valence-corrected chi connectivity index (χ0v) is 20.8. The molecule has 0 radical (unpaired) electrons. The minimum Gasteiger partial charge on any atom is -0.465 e. The summed E-state index contributed by atoms with van der Waals surface area (Å²) in [5.41, 5.74) is -1.65. The molecule has 1 aromatic rings. The van der Waals surface area contributed by atoms with Gasteiger partial charge in [0.25, 0.3) is 0 Å². The van der Waals surface area contributed by atoms with E-state index in [9.17, 15) is 27.6 Å². The number of Topliss-reactive ketones (excluding diaryl/α,β-unsaturated/α-hetero) is 1. The predicted molar refractivity (Wildman–Crippen MR) is 126 cm³/mol. The average molecular weight is 510 g/mol. The van der Waals surface area contributed by atoms with E-state index >= 15 is 0 Å². The highest BCUT2D eigenvalue weighted by Gasteiger charge is 2.62. The lowest BCUT2D eigenvalue weighted by molar-refractivity contribution is -0.168. The van der Waals surface area contributed by atoms with Gasteiger partial charge in [0.1, 0.15) is 16.1 Å². The van der Waals surface area contributed by atoms with Crippen LogP contribution in [0.1, 0.15) is 85.7 Å². The van der Waals surface area contributed by atoms with Gasteiger partial charge in [-0.1, -0.05) is 18.8 Å². The van der Waals surface area contributed by atoms with Crippen LogP contribution in [0.4, 0.5) is 18.9 Å². The van der Waals surface area contributed by atoms with Crippen molar-refractivity contribution in [3.8, 4) is 11.8 Å². The monoisotopic (exact) mass is 509 g/mol. The number of esters is 1. The number of thiophene rings is 1. The van der Waals surface area contributed by atoms with E-state index in [0.717, 1.165) is 37.0 Å². The maximum absolute atomic E-state index is 13.8. The predicted octanol–water partition coefficient (Wildman–Crippen LogP) is 5.90. The van der Waals surface area contributed by atoms with Crippen LogP contribution in [0.5, 0.6) is 0 Å². The fourth-order valence-electron chi connectivity index (χ4n) is 5.03. The number of hydrogen-bond donors (Lipinski definition) is 0. The second-order valence-electron chi connectivity index (χ2n) is 10.1. The SMILES string of the molecule is COC(=O)c1sc(C#CC2(C(F)(F)F)CC2)cc1N(C(=O)C1CCC(C)CC1)C1CCC(=O)CC1. The van der Waals surface area contributed by atoms with Crippen LogP contribution in [-0.2, 0) is 14.3 Å². The van der Waals surface area contributed by atoms with Crippen LogP contribution in [-0.4, -0.2) is 37.0 Å². The Morgan fingerprint density at radius 3 is 2.29 bits per heavy atom. The first-order chi connectivity index (χ1) is 16.5. The van der Waals surface area contributed by atoms with Crippen molar-refractivity contribution < 1.29 is 32.3 Å². The quantitative estimate of drug-likeness (QED) is 0.375. The molecule has 1 amide bonds. The number of alkyl halides is 3. The Morgan fingerprint density at radius 2 is 1.74 bits per heavy atom. The summed E-state index contributed by atoms with van der Waals surface area (Å²) in [6.45, 7) is 2.16. The van der Waals surface area contributed by atoms with E-state index in [2.05, 4.69) is 18.8 Å². The number of ketones is 1. The second-order valence-corrected chi connectivity index (χ2v) is 11.1. The third-order valence-corrected chi connectivity index (χ3v) is 8.56. The third-order valence-electron chi connectivity index (χ3n) is 7.54. The fourth-order valence-corrected chi connectivity index (χ4v) is 5.95. The van der Waals surface area contributed by atoms with Crippen LogP contribution in [0.25, 0.3) is 0 Å². The molecule has 35 heavy (non-hydrogen) atoms. The molecule has 0 unspecified atom stereocenters. The van der Waals surface area contributed by atoms with Gasteiger partial charge >= 0.3 is 12.1 Å². The van der Waals surface area contributed by atoms with Gasteiger partial charge in [-0.2, -0.15) is 13.2 Å². The number of nitrogens with zero attached hydrogens (tertiary/aromatic N) is 1. The summed E-state index contributed by atoms with van der Waals surface area (Å²) in [5.74, 6) is 4.77. The highest BCUT2D eigenvalue weighted by molar-refractivity contribution is 7.15. The number of halogens is 3. The molecule has 190 valence electrons. The highest BCUT2D eigenvalue weighted by Crippen LogP contribution is 2.57. The number of ether oxygens (including phenoxy) is 1. The molecule has 0 aliphatic heterocycles. The molecule has 4 rings (SSSR count). The van der Waals surface area contributed by atoms with E-state index in [1.807, 2.05) is 0 Å². The van der Waals surface area contributed by atoms with Gasteiger partial charge in [0.05, 0.1) is 17.7 Å². The molecule has 0 N–H and O–H groups in total. The van der Waals surface area contributed by atoms with Crippen LogP contribution >= 0.6 is 11.3 Å². The summed E-state index contributed by atoms with van der Waals surface area (Å²) in [5, 5.41) is 0. The summed E-state index contributed by atoms with van der Waals surface area (Å²) in [6, 6.07) is 1.29. The molecular weight excluding hydrogens is 479 g/mol. The lowest BCUT2D eigenvalue weighted by atomic mass is 9.81. The van der Waals surface area contributed by atoms with Gasteiger partial charge in [0.15, 0.2) is 0 Å². The zero-order valence-electron chi connectivity index (χ0n) is 20.0. The molecule has 1 heterocycles. The van der Waals surface area contributed by atoms with Crippen molar-refractivity contribution in [2.24, 2.45) is 17.3 Å². The number of methoxy groups -OCH3 is 1. The fraction of sp³-hybridized carbons (Fsp3) is 0.654. The molecule has 0 bridgehead atoms. The second kappa shape index (κ2) is 9.96. The van der Waals surface area contributed by atoms with Gasteiger partial charge in [-0.3, -0.25) is 9.59 Å². The average Bonchev–Trinajstić information content (AvgIpc) is 3.53. The molecule has 0 aromatic carbocycles. The zero-order chi connectivity index (χ0) is 25.4. The largest absolute Gasteiger partial charge is 0.465 e. The first-order valence-electron chi connectivity index (χ1n) is 12.2. The van der Waals surface area contributed by atoms with Gasteiger partial charge in [-0.15, -0.1) is 11.3 Å². The van der Waals surface area contributed by atoms with Gasteiger partial charge in [0.2, 0.25) is 5.91 Å². The van der Waals surface area contributed by atoms with Crippen LogP contribution < -0.4 is 4.90 Å². The lowest BCUT2D eigenvalue weighted by Gasteiger charge is -2.37. The Hall–Kier alpha value is -2.34. The van der Waals surface area contributed by atoms with Crippen molar-refractivity contribution in [2.75, 3.05) is 12.0 Å². The summed E-state index contributed by atoms with van der Waals surface area (Å²) in [7, 11) is 1.23. The van der Waals surface area contributed by atoms with Crippen LogP contribution in [0, 0.1) is 29.1 Å². The molecule has 0 saturated heterocycles. The molecule has 0 spiro atoms. The molecule has 5 nitrogen and oxygen atoms in total. The van der Waals surface area contributed by atoms with Crippen molar-refractivity contribution in [3.63, 3.8) is 0 Å². The summed E-state index contributed by atoms with van der Waals surface area (Å²) < 4.78 is 45.0. The minimum atomic E-state index is -4.40. The Bertz CT molecular complexity index is 1040. The summed E-state index contributed by atoms with van der Waals surface area (Å²) in [6.07, 6.45) is 0.599. The van der Waals surface area contributed by atoms with E-state index in [4.69, 9.17) is 4.74 Å². The highest BCUT2D eigenvalue weighted by atomic mass is 32.1. The summed E-state index contributed by atoms with van der Waals surface area (Å²) >= 11 is 0.952. The number of carbonyl (C=O) groups is 3. The minimum absolute atomic E-state index is 0.0353. The van der Waals surface area contributed by atoms with Gasteiger partial charge in [-0.05, 0) is 63.4 Å². The Labute approximate surface area is 207 Å². The molecule has 3 fully saturated rings.